The fraction of sp³-hybridized carbons (Fsp3) is 0.381. The summed E-state index contributed by atoms with van der Waals surface area (Å²) in [6.45, 7) is 2.95. The topological polar surface area (TPSA) is 36.3 Å². The molecule has 0 unspecified atom stereocenters. The standard InChI is InChI=1S/C21H23F3N2O2/c1-3-4-5-6-13-26-19-12-11-17(27-2)14-18(19)25-20(26)15-7-9-16(10-8-15)28-21(22,23)24/h7-12,14H,3-6,13H2,1-2H3. The first-order valence-corrected chi connectivity index (χ1v) is 9.31. The van der Waals surface area contributed by atoms with Gasteiger partial charge in [-0.3, -0.25) is 0 Å². The number of alkyl halides is 3. The predicted octanol–water partition coefficient (Wildman–Crippen LogP) is 6.19. The third-order valence-corrected chi connectivity index (χ3v) is 4.54. The number of rotatable bonds is 8. The van der Waals surface area contributed by atoms with E-state index >= 15 is 0 Å². The van der Waals surface area contributed by atoms with Crippen molar-refractivity contribution in [2.75, 3.05) is 7.11 Å². The van der Waals surface area contributed by atoms with Gasteiger partial charge in [0.2, 0.25) is 0 Å². The zero-order valence-corrected chi connectivity index (χ0v) is 15.9. The molecule has 0 aliphatic carbocycles. The molecule has 0 saturated heterocycles. The van der Waals surface area contributed by atoms with E-state index in [4.69, 9.17) is 9.72 Å². The molecule has 28 heavy (non-hydrogen) atoms. The molecule has 2 aromatic carbocycles. The Balaban J connectivity index is 1.95. The Morgan fingerprint density at radius 1 is 0.964 bits per heavy atom. The Hall–Kier alpha value is -2.70. The van der Waals surface area contributed by atoms with E-state index in [1.54, 1.807) is 19.2 Å². The predicted molar refractivity (Wildman–Crippen MR) is 103 cm³/mol. The molecule has 0 fully saturated rings. The Kier molecular flexibility index (Phi) is 6.11. The number of halogens is 3. The van der Waals surface area contributed by atoms with Gasteiger partial charge >= 0.3 is 6.36 Å². The third kappa shape index (κ3) is 4.77. The summed E-state index contributed by atoms with van der Waals surface area (Å²) in [5.74, 6) is 1.19. The van der Waals surface area contributed by atoms with Crippen LogP contribution in [0.1, 0.15) is 32.6 Å². The van der Waals surface area contributed by atoms with Crippen molar-refractivity contribution in [1.82, 2.24) is 9.55 Å². The molecule has 0 bridgehead atoms. The largest absolute Gasteiger partial charge is 0.573 e. The summed E-state index contributed by atoms with van der Waals surface area (Å²) < 4.78 is 48.5. The zero-order valence-electron chi connectivity index (χ0n) is 15.9. The van der Waals surface area contributed by atoms with Crippen LogP contribution < -0.4 is 9.47 Å². The highest BCUT2D eigenvalue weighted by atomic mass is 19.4. The molecule has 0 atom stereocenters. The zero-order chi connectivity index (χ0) is 20.1. The molecule has 0 aliphatic rings. The lowest BCUT2D eigenvalue weighted by atomic mass is 10.2. The second-order valence-corrected chi connectivity index (χ2v) is 6.57. The number of hydrogen-bond donors (Lipinski definition) is 0. The maximum absolute atomic E-state index is 12.4. The molecule has 0 radical (unpaired) electrons. The van der Waals surface area contributed by atoms with E-state index in [-0.39, 0.29) is 5.75 Å². The summed E-state index contributed by atoms with van der Waals surface area (Å²) in [6.07, 6.45) is -0.267. The fourth-order valence-electron chi connectivity index (χ4n) is 3.19. The lowest BCUT2D eigenvalue weighted by molar-refractivity contribution is -0.274. The van der Waals surface area contributed by atoms with Crippen molar-refractivity contribution >= 4 is 11.0 Å². The van der Waals surface area contributed by atoms with Crippen molar-refractivity contribution < 1.29 is 22.6 Å². The minimum absolute atomic E-state index is 0.247. The molecule has 1 aromatic heterocycles. The van der Waals surface area contributed by atoms with Gasteiger partial charge in [-0.15, -0.1) is 13.2 Å². The smallest absolute Gasteiger partial charge is 0.497 e. The van der Waals surface area contributed by atoms with Crippen molar-refractivity contribution in [2.24, 2.45) is 0 Å². The monoisotopic (exact) mass is 392 g/mol. The summed E-state index contributed by atoms with van der Waals surface area (Å²) >= 11 is 0. The molecule has 4 nitrogen and oxygen atoms in total. The number of imidazole rings is 1. The average Bonchev–Trinajstić information content (AvgIpc) is 3.02. The van der Waals surface area contributed by atoms with Crippen LogP contribution in [-0.2, 0) is 6.54 Å². The summed E-state index contributed by atoms with van der Waals surface area (Å²) in [5.41, 5.74) is 2.50. The first-order chi connectivity index (χ1) is 13.4. The van der Waals surface area contributed by atoms with Crippen LogP contribution in [0, 0.1) is 0 Å². The molecular formula is C21H23F3N2O2. The SMILES string of the molecule is CCCCCCn1c(-c2ccc(OC(F)(F)F)cc2)nc2cc(OC)ccc21. The molecule has 0 N–H and O–H groups in total. The van der Waals surface area contributed by atoms with Crippen LogP contribution in [0.3, 0.4) is 0 Å². The summed E-state index contributed by atoms with van der Waals surface area (Å²) in [7, 11) is 1.60. The minimum atomic E-state index is -4.70. The number of aromatic nitrogens is 2. The molecule has 1 heterocycles. The molecule has 0 amide bonds. The Morgan fingerprint density at radius 2 is 1.68 bits per heavy atom. The maximum atomic E-state index is 12.4. The van der Waals surface area contributed by atoms with E-state index in [9.17, 15) is 13.2 Å². The van der Waals surface area contributed by atoms with E-state index in [1.165, 1.54) is 18.6 Å². The molecule has 3 aromatic rings. The van der Waals surface area contributed by atoms with Crippen LogP contribution in [0.2, 0.25) is 0 Å². The van der Waals surface area contributed by atoms with Crippen molar-refractivity contribution in [3.8, 4) is 22.9 Å². The van der Waals surface area contributed by atoms with Crippen LogP contribution in [0.4, 0.5) is 13.2 Å². The summed E-state index contributed by atoms with van der Waals surface area (Å²) in [4.78, 5) is 4.71. The first kappa shape index (κ1) is 20.0. The van der Waals surface area contributed by atoms with E-state index in [1.807, 2.05) is 18.2 Å². The number of nitrogens with zero attached hydrogens (tertiary/aromatic N) is 2. The number of unbranched alkanes of at least 4 members (excludes halogenated alkanes) is 3. The normalized spacial score (nSPS) is 11.8. The van der Waals surface area contributed by atoms with Crippen molar-refractivity contribution in [2.45, 2.75) is 45.5 Å². The van der Waals surface area contributed by atoms with Crippen LogP contribution >= 0.6 is 0 Å². The van der Waals surface area contributed by atoms with Gasteiger partial charge in [0.15, 0.2) is 0 Å². The van der Waals surface area contributed by atoms with Crippen molar-refractivity contribution in [1.29, 1.82) is 0 Å². The van der Waals surface area contributed by atoms with Gasteiger partial charge in [-0.1, -0.05) is 26.2 Å². The quantitative estimate of drug-likeness (QED) is 0.429. The van der Waals surface area contributed by atoms with E-state index in [0.717, 1.165) is 48.2 Å². The van der Waals surface area contributed by atoms with Gasteiger partial charge in [-0.25, -0.2) is 4.98 Å². The van der Waals surface area contributed by atoms with Gasteiger partial charge < -0.3 is 14.0 Å². The van der Waals surface area contributed by atoms with Crippen LogP contribution in [0.5, 0.6) is 11.5 Å². The molecule has 0 aliphatic heterocycles. The second kappa shape index (κ2) is 8.54. The summed E-state index contributed by atoms with van der Waals surface area (Å²) in [5, 5.41) is 0. The second-order valence-electron chi connectivity index (χ2n) is 6.57. The van der Waals surface area contributed by atoms with Gasteiger partial charge in [0.1, 0.15) is 17.3 Å². The molecule has 0 spiro atoms. The Labute approximate surface area is 161 Å². The summed E-state index contributed by atoms with van der Waals surface area (Å²) in [6, 6.07) is 11.5. The Bertz CT molecular complexity index is 918. The number of benzene rings is 2. The van der Waals surface area contributed by atoms with Crippen LogP contribution in [0.15, 0.2) is 42.5 Å². The molecule has 150 valence electrons. The molecular weight excluding hydrogens is 369 g/mol. The van der Waals surface area contributed by atoms with Gasteiger partial charge in [0.05, 0.1) is 18.1 Å². The van der Waals surface area contributed by atoms with E-state index < -0.39 is 6.36 Å². The lowest BCUT2D eigenvalue weighted by Crippen LogP contribution is -2.16. The highest BCUT2D eigenvalue weighted by Crippen LogP contribution is 2.30. The van der Waals surface area contributed by atoms with E-state index in [0.29, 0.717) is 5.75 Å². The van der Waals surface area contributed by atoms with Crippen molar-refractivity contribution in [3.63, 3.8) is 0 Å². The lowest BCUT2D eigenvalue weighted by Gasteiger charge is -2.11. The number of fused-ring (bicyclic) bond motifs is 1. The highest BCUT2D eigenvalue weighted by molar-refractivity contribution is 5.82. The molecule has 7 heteroatoms. The average molecular weight is 392 g/mol. The van der Waals surface area contributed by atoms with Crippen LogP contribution in [0.25, 0.3) is 22.4 Å². The number of ether oxygens (including phenoxy) is 2. The van der Waals surface area contributed by atoms with Gasteiger partial charge in [-0.2, -0.15) is 0 Å². The van der Waals surface area contributed by atoms with Gasteiger partial charge in [-0.05, 0) is 42.8 Å². The van der Waals surface area contributed by atoms with E-state index in [2.05, 4.69) is 16.2 Å². The van der Waals surface area contributed by atoms with Crippen LogP contribution in [-0.4, -0.2) is 23.0 Å². The molecule has 0 saturated carbocycles. The molecule has 3 rings (SSSR count). The maximum Gasteiger partial charge on any atom is 0.573 e. The van der Waals surface area contributed by atoms with Crippen molar-refractivity contribution in [3.05, 3.63) is 42.5 Å². The Morgan fingerprint density at radius 3 is 2.32 bits per heavy atom. The number of methoxy groups -OCH3 is 1. The van der Waals surface area contributed by atoms with Gasteiger partial charge in [0.25, 0.3) is 0 Å². The highest BCUT2D eigenvalue weighted by Gasteiger charge is 2.31. The minimum Gasteiger partial charge on any atom is -0.497 e. The number of aryl methyl sites for hydroxylation is 1. The van der Waals surface area contributed by atoms with Gasteiger partial charge in [0, 0.05) is 18.2 Å². The first-order valence-electron chi connectivity index (χ1n) is 9.31. The fourth-order valence-corrected chi connectivity index (χ4v) is 3.19. The number of hydrogen-bond acceptors (Lipinski definition) is 3. The third-order valence-electron chi connectivity index (χ3n) is 4.54.